The Bertz CT molecular complexity index is 178. The fourth-order valence-corrected chi connectivity index (χ4v) is 4.59. The van der Waals surface area contributed by atoms with Crippen LogP contribution in [0.2, 0.25) is 0 Å². The number of hydrogen-bond donors (Lipinski definition) is 1. The fourth-order valence-electron chi connectivity index (χ4n) is 0.685. The number of hydrogen-bond acceptors (Lipinski definition) is 4. The van der Waals surface area contributed by atoms with Gasteiger partial charge in [-0.2, -0.15) is 0 Å². The molecule has 6 heteroatoms. The number of nitrogens with two attached hydrogens (primary N) is 1. The zero-order valence-corrected chi connectivity index (χ0v) is 10.4. The van der Waals surface area contributed by atoms with Gasteiger partial charge in [0.15, 0.2) is 0 Å². The van der Waals surface area contributed by atoms with Crippen LogP contribution in [0.5, 0.6) is 0 Å². The lowest BCUT2D eigenvalue weighted by molar-refractivity contribution is -0.117. The molecule has 0 aromatic carbocycles. The summed E-state index contributed by atoms with van der Waals surface area (Å²) in [6.07, 6.45) is 1.48. The minimum atomic E-state index is -1.55. The largest absolute Gasteiger partial charge is 0.370 e. The molecule has 0 spiro atoms. The maximum Gasteiger partial charge on any atom is 0.217 e. The first kappa shape index (κ1) is 13.4. The third-order valence-electron chi connectivity index (χ3n) is 1.32. The molecular weight excluding hydrogens is 225 g/mol. The SMILES string of the molecule is CCSSCC[PH](=O)CCC(N)=O. The molecule has 1 unspecified atom stereocenters. The van der Waals surface area contributed by atoms with Gasteiger partial charge in [-0.15, -0.1) is 0 Å². The minimum absolute atomic E-state index is 0.267. The lowest BCUT2D eigenvalue weighted by Crippen LogP contribution is -2.11. The Kier molecular flexibility index (Phi) is 9.25. The highest BCUT2D eigenvalue weighted by Gasteiger charge is 2.02. The topological polar surface area (TPSA) is 60.2 Å². The molecule has 3 nitrogen and oxygen atoms in total. The Balaban J connectivity index is 3.25. The van der Waals surface area contributed by atoms with Crippen molar-refractivity contribution >= 4 is 35.3 Å². The van der Waals surface area contributed by atoms with Crippen LogP contribution < -0.4 is 5.73 Å². The van der Waals surface area contributed by atoms with Crippen molar-refractivity contribution in [2.24, 2.45) is 5.73 Å². The quantitative estimate of drug-likeness (QED) is 0.400. The molecule has 2 N–H and O–H groups in total. The van der Waals surface area contributed by atoms with E-state index in [4.69, 9.17) is 5.73 Å². The molecule has 0 aliphatic heterocycles. The summed E-state index contributed by atoms with van der Waals surface area (Å²) in [5.41, 5.74) is 4.95. The first-order valence-electron chi connectivity index (χ1n) is 4.21. The van der Waals surface area contributed by atoms with Gasteiger partial charge >= 0.3 is 0 Å². The summed E-state index contributed by atoms with van der Waals surface area (Å²) in [6.45, 7) is 2.09. The maximum atomic E-state index is 11.3. The number of rotatable bonds is 8. The molecule has 78 valence electrons. The Morgan fingerprint density at radius 2 is 2.08 bits per heavy atom. The van der Waals surface area contributed by atoms with E-state index in [1.54, 1.807) is 21.6 Å². The molecule has 0 heterocycles. The molecular formula is C7H16NO2PS2. The predicted molar refractivity (Wildman–Crippen MR) is 63.1 cm³/mol. The maximum absolute atomic E-state index is 11.3. The van der Waals surface area contributed by atoms with Crippen LogP contribution in [0.15, 0.2) is 0 Å². The van der Waals surface area contributed by atoms with Gasteiger partial charge in [0.05, 0.1) is 7.80 Å². The Morgan fingerprint density at radius 1 is 1.38 bits per heavy atom. The lowest BCUT2D eigenvalue weighted by Gasteiger charge is -1.99. The molecule has 1 amide bonds. The molecule has 0 aliphatic carbocycles. The Morgan fingerprint density at radius 3 is 2.62 bits per heavy atom. The van der Waals surface area contributed by atoms with Crippen LogP contribution in [0.4, 0.5) is 0 Å². The van der Waals surface area contributed by atoms with E-state index >= 15 is 0 Å². The van der Waals surface area contributed by atoms with E-state index in [-0.39, 0.29) is 12.3 Å². The summed E-state index contributed by atoms with van der Waals surface area (Å²) >= 11 is 0. The van der Waals surface area contributed by atoms with Gasteiger partial charge in [-0.25, -0.2) is 0 Å². The van der Waals surface area contributed by atoms with Crippen LogP contribution in [-0.4, -0.2) is 29.7 Å². The van der Waals surface area contributed by atoms with Gasteiger partial charge in [0.1, 0.15) is 0 Å². The lowest BCUT2D eigenvalue weighted by atomic mass is 10.5. The van der Waals surface area contributed by atoms with Gasteiger partial charge in [0.2, 0.25) is 5.91 Å². The number of primary amides is 1. The molecule has 0 fully saturated rings. The van der Waals surface area contributed by atoms with Crippen molar-refractivity contribution in [3.63, 3.8) is 0 Å². The Labute approximate surface area is 87.8 Å². The number of carbonyl (C=O) groups excluding carboxylic acids is 1. The van der Waals surface area contributed by atoms with E-state index in [0.29, 0.717) is 6.16 Å². The van der Waals surface area contributed by atoms with E-state index in [2.05, 4.69) is 6.92 Å². The second-order valence-electron chi connectivity index (χ2n) is 2.48. The van der Waals surface area contributed by atoms with Crippen molar-refractivity contribution in [2.75, 3.05) is 23.8 Å². The van der Waals surface area contributed by atoms with Crippen LogP contribution in [0.1, 0.15) is 13.3 Å². The molecule has 0 bridgehead atoms. The zero-order chi connectivity index (χ0) is 10.1. The third-order valence-corrected chi connectivity index (χ3v) is 5.77. The highest BCUT2D eigenvalue weighted by Crippen LogP contribution is 2.27. The van der Waals surface area contributed by atoms with Crippen LogP contribution in [0.25, 0.3) is 0 Å². The molecule has 0 saturated carbocycles. The second kappa shape index (κ2) is 8.97. The minimum Gasteiger partial charge on any atom is -0.370 e. The van der Waals surface area contributed by atoms with E-state index in [9.17, 15) is 9.36 Å². The monoisotopic (exact) mass is 241 g/mol. The van der Waals surface area contributed by atoms with Gasteiger partial charge in [0, 0.05) is 30.3 Å². The van der Waals surface area contributed by atoms with Gasteiger partial charge < -0.3 is 10.3 Å². The van der Waals surface area contributed by atoms with Crippen LogP contribution in [0, 0.1) is 0 Å². The average molecular weight is 241 g/mol. The average Bonchev–Trinajstić information content (AvgIpc) is 2.09. The van der Waals surface area contributed by atoms with Crippen molar-refractivity contribution in [2.45, 2.75) is 13.3 Å². The summed E-state index contributed by atoms with van der Waals surface area (Å²) in [4.78, 5) is 10.4. The van der Waals surface area contributed by atoms with Crippen molar-refractivity contribution < 1.29 is 9.36 Å². The summed E-state index contributed by atoms with van der Waals surface area (Å²) in [7, 11) is 1.97. The van der Waals surface area contributed by atoms with E-state index in [1.807, 2.05) is 0 Å². The predicted octanol–water partition coefficient (Wildman–Crippen LogP) is 1.82. The van der Waals surface area contributed by atoms with Gasteiger partial charge in [-0.1, -0.05) is 28.5 Å². The van der Waals surface area contributed by atoms with Gasteiger partial charge in [0.25, 0.3) is 0 Å². The van der Waals surface area contributed by atoms with Gasteiger partial charge in [-0.3, -0.25) is 4.79 Å². The van der Waals surface area contributed by atoms with Crippen molar-refractivity contribution in [3.05, 3.63) is 0 Å². The molecule has 0 aromatic heterocycles. The highest BCUT2D eigenvalue weighted by atomic mass is 33.1. The molecule has 0 rings (SSSR count). The standard InChI is InChI=1S/C7H16NO2PS2/c1-2-12-13-6-5-11(10)4-3-7(8)9/h11H,2-6H2,1H3,(H2,8,9). The second-order valence-corrected chi connectivity index (χ2v) is 7.43. The highest BCUT2D eigenvalue weighted by molar-refractivity contribution is 8.76. The van der Waals surface area contributed by atoms with Crippen LogP contribution >= 0.6 is 29.4 Å². The first-order chi connectivity index (χ1) is 6.16. The third kappa shape index (κ3) is 10.3. The van der Waals surface area contributed by atoms with Crippen LogP contribution in [0.3, 0.4) is 0 Å². The smallest absolute Gasteiger partial charge is 0.217 e. The normalized spacial score (nSPS) is 12.7. The van der Waals surface area contributed by atoms with Crippen molar-refractivity contribution in [1.29, 1.82) is 0 Å². The summed E-state index contributed by atoms with van der Waals surface area (Å²) in [5, 5.41) is 0. The molecule has 1 atom stereocenters. The van der Waals surface area contributed by atoms with Gasteiger partial charge in [-0.05, 0) is 0 Å². The fraction of sp³-hybridized carbons (Fsp3) is 0.857. The summed E-state index contributed by atoms with van der Waals surface area (Å²) in [5.74, 6) is 1.64. The molecule has 0 saturated heterocycles. The molecule has 0 radical (unpaired) electrons. The summed E-state index contributed by atoms with van der Waals surface area (Å²) < 4.78 is 11.3. The molecule has 0 aliphatic rings. The molecule has 0 aromatic rings. The van der Waals surface area contributed by atoms with E-state index in [0.717, 1.165) is 17.7 Å². The van der Waals surface area contributed by atoms with Crippen LogP contribution in [-0.2, 0) is 9.36 Å². The zero-order valence-electron chi connectivity index (χ0n) is 7.75. The number of amides is 1. The van der Waals surface area contributed by atoms with E-state index in [1.165, 1.54) is 0 Å². The molecule has 13 heavy (non-hydrogen) atoms. The van der Waals surface area contributed by atoms with Crippen molar-refractivity contribution in [3.8, 4) is 0 Å². The van der Waals surface area contributed by atoms with E-state index < -0.39 is 7.80 Å². The number of carbonyl (C=O) groups is 1. The van der Waals surface area contributed by atoms with Crippen molar-refractivity contribution in [1.82, 2.24) is 0 Å². The summed E-state index contributed by atoms with van der Waals surface area (Å²) in [6, 6.07) is 0. The first-order valence-corrected chi connectivity index (χ1v) is 8.52. The Hall–Kier alpha value is 0.400.